The van der Waals surface area contributed by atoms with Gasteiger partial charge in [-0.2, -0.15) is 0 Å². The van der Waals surface area contributed by atoms with E-state index in [0.717, 1.165) is 58.6 Å². The summed E-state index contributed by atoms with van der Waals surface area (Å²) < 4.78 is 22.2. The minimum absolute atomic E-state index is 0.467. The van der Waals surface area contributed by atoms with Crippen molar-refractivity contribution >= 4 is 11.0 Å². The fraction of sp³-hybridized carbons (Fsp3) is 0.464. The Morgan fingerprint density at radius 3 is 2.59 bits per heavy atom. The highest BCUT2D eigenvalue weighted by Gasteiger charge is 2.31. The van der Waals surface area contributed by atoms with Gasteiger partial charge in [-0.3, -0.25) is 9.97 Å². The van der Waals surface area contributed by atoms with Crippen LogP contribution in [-0.4, -0.2) is 25.4 Å². The molecule has 0 saturated heterocycles. The molecule has 0 aromatic carbocycles. The van der Waals surface area contributed by atoms with Crippen molar-refractivity contribution in [1.82, 2.24) is 19.7 Å². The summed E-state index contributed by atoms with van der Waals surface area (Å²) in [6.07, 6.45) is 11.7. The first-order valence-corrected chi connectivity index (χ1v) is 12.5. The highest BCUT2D eigenvalue weighted by atomic mass is 19.1. The number of pyridine rings is 2. The molecular formula is C28H31FN4O. The van der Waals surface area contributed by atoms with Crippen LogP contribution in [0.25, 0.3) is 33.3 Å². The van der Waals surface area contributed by atoms with E-state index in [1.807, 2.05) is 26.2 Å². The van der Waals surface area contributed by atoms with Crippen molar-refractivity contribution in [3.8, 4) is 22.3 Å². The molecule has 0 unspecified atom stereocenters. The minimum atomic E-state index is -1.02. The predicted molar refractivity (Wildman–Crippen MR) is 131 cm³/mol. The van der Waals surface area contributed by atoms with Crippen LogP contribution in [0.5, 0.6) is 0 Å². The van der Waals surface area contributed by atoms with E-state index in [4.69, 9.17) is 9.51 Å². The summed E-state index contributed by atoms with van der Waals surface area (Å²) in [6.45, 7) is 6.52. The molecule has 0 amide bonds. The molecule has 0 aliphatic heterocycles. The molecule has 0 bridgehead atoms. The standard InChI is InChI=1S/C28H31FN4O/c1-17-26(18(2)34-32-17)22-13-25-27(31-14-22)23(21-8-11-30-24(12-21)20-4-5-20)16-33(25)15-19-6-9-28(3,29)10-7-19/h8,11-14,16,19-20H,4-7,9-10,15H2,1-3H3. The molecule has 2 aliphatic carbocycles. The summed E-state index contributed by atoms with van der Waals surface area (Å²) in [5.41, 5.74) is 7.45. The zero-order valence-corrected chi connectivity index (χ0v) is 20.1. The maximum Gasteiger partial charge on any atom is 0.141 e. The smallest absolute Gasteiger partial charge is 0.141 e. The Morgan fingerprint density at radius 2 is 1.88 bits per heavy atom. The second-order valence-corrected chi connectivity index (χ2v) is 10.6. The van der Waals surface area contributed by atoms with Gasteiger partial charge in [0.15, 0.2) is 0 Å². The van der Waals surface area contributed by atoms with E-state index in [-0.39, 0.29) is 0 Å². The first kappa shape index (κ1) is 21.5. The molecule has 34 heavy (non-hydrogen) atoms. The summed E-state index contributed by atoms with van der Waals surface area (Å²) in [7, 11) is 0. The van der Waals surface area contributed by atoms with Crippen LogP contribution >= 0.6 is 0 Å². The number of nitrogens with zero attached hydrogens (tertiary/aromatic N) is 4. The van der Waals surface area contributed by atoms with Crippen LogP contribution in [-0.2, 0) is 6.54 Å². The quantitative estimate of drug-likeness (QED) is 0.318. The van der Waals surface area contributed by atoms with Crippen LogP contribution in [0.1, 0.15) is 68.5 Å². The Hall–Kier alpha value is -3.02. The Labute approximate surface area is 199 Å². The van der Waals surface area contributed by atoms with E-state index < -0.39 is 5.67 Å². The molecule has 6 heteroatoms. The molecule has 2 saturated carbocycles. The van der Waals surface area contributed by atoms with Crippen molar-refractivity contribution in [2.45, 2.75) is 77.4 Å². The number of aromatic nitrogens is 4. The lowest BCUT2D eigenvalue weighted by atomic mass is 9.81. The zero-order chi connectivity index (χ0) is 23.4. The number of rotatable bonds is 5. The molecular weight excluding hydrogens is 427 g/mol. The molecule has 2 fully saturated rings. The van der Waals surface area contributed by atoms with Gasteiger partial charge in [0, 0.05) is 53.4 Å². The van der Waals surface area contributed by atoms with Gasteiger partial charge in [-0.25, -0.2) is 4.39 Å². The Balaban J connectivity index is 1.44. The summed E-state index contributed by atoms with van der Waals surface area (Å²) in [5.74, 6) is 1.87. The number of hydrogen-bond acceptors (Lipinski definition) is 4. The molecule has 0 radical (unpaired) electrons. The Morgan fingerprint density at radius 1 is 1.09 bits per heavy atom. The van der Waals surface area contributed by atoms with Gasteiger partial charge >= 0.3 is 0 Å². The molecule has 176 valence electrons. The molecule has 2 aliphatic rings. The summed E-state index contributed by atoms with van der Waals surface area (Å²) >= 11 is 0. The molecule has 0 spiro atoms. The van der Waals surface area contributed by atoms with Gasteiger partial charge in [0.25, 0.3) is 0 Å². The summed E-state index contributed by atoms with van der Waals surface area (Å²) in [6, 6.07) is 6.53. The van der Waals surface area contributed by atoms with Crippen LogP contribution in [0.3, 0.4) is 0 Å². The van der Waals surface area contributed by atoms with Gasteiger partial charge in [-0.15, -0.1) is 0 Å². The predicted octanol–water partition coefficient (Wildman–Crippen LogP) is 7.17. The normalized spacial score (nSPS) is 23.0. The van der Waals surface area contributed by atoms with Crippen LogP contribution in [0, 0.1) is 19.8 Å². The monoisotopic (exact) mass is 458 g/mol. The molecule has 5 nitrogen and oxygen atoms in total. The van der Waals surface area contributed by atoms with E-state index in [1.165, 1.54) is 24.1 Å². The topological polar surface area (TPSA) is 56.7 Å². The first-order valence-electron chi connectivity index (χ1n) is 12.5. The van der Waals surface area contributed by atoms with E-state index in [9.17, 15) is 4.39 Å². The molecule has 6 rings (SSSR count). The lowest BCUT2D eigenvalue weighted by Crippen LogP contribution is -2.27. The van der Waals surface area contributed by atoms with Crippen LogP contribution in [0.4, 0.5) is 4.39 Å². The number of fused-ring (bicyclic) bond motifs is 1. The van der Waals surface area contributed by atoms with Gasteiger partial charge in [0.1, 0.15) is 11.4 Å². The number of aryl methyl sites for hydroxylation is 2. The van der Waals surface area contributed by atoms with Gasteiger partial charge in [-0.1, -0.05) is 5.16 Å². The van der Waals surface area contributed by atoms with Crippen LogP contribution in [0.15, 0.2) is 41.3 Å². The Bertz CT molecular complexity index is 1330. The van der Waals surface area contributed by atoms with E-state index in [1.54, 1.807) is 6.92 Å². The van der Waals surface area contributed by atoms with E-state index in [0.29, 0.717) is 24.7 Å². The SMILES string of the molecule is Cc1noc(C)c1-c1cnc2c(-c3ccnc(C4CC4)c3)cn(CC3CCC(C)(F)CC3)c2c1. The Kier molecular flexibility index (Phi) is 5.08. The van der Waals surface area contributed by atoms with Crippen molar-refractivity contribution in [1.29, 1.82) is 0 Å². The third kappa shape index (κ3) is 3.93. The first-order chi connectivity index (χ1) is 16.4. The second-order valence-electron chi connectivity index (χ2n) is 10.6. The van der Waals surface area contributed by atoms with Crippen molar-refractivity contribution in [3.05, 3.63) is 53.9 Å². The highest BCUT2D eigenvalue weighted by molar-refractivity contribution is 5.95. The van der Waals surface area contributed by atoms with Crippen molar-refractivity contribution < 1.29 is 8.91 Å². The highest BCUT2D eigenvalue weighted by Crippen LogP contribution is 2.41. The average molecular weight is 459 g/mol. The molecule has 4 aromatic heterocycles. The van der Waals surface area contributed by atoms with Gasteiger partial charge in [0.05, 0.1) is 16.7 Å². The largest absolute Gasteiger partial charge is 0.361 e. The number of hydrogen-bond donors (Lipinski definition) is 0. The number of alkyl halides is 1. The van der Waals surface area contributed by atoms with E-state index >= 15 is 0 Å². The summed E-state index contributed by atoms with van der Waals surface area (Å²) in [4.78, 5) is 9.56. The van der Waals surface area contributed by atoms with Crippen LogP contribution in [0.2, 0.25) is 0 Å². The van der Waals surface area contributed by atoms with Gasteiger partial charge < -0.3 is 9.09 Å². The van der Waals surface area contributed by atoms with Gasteiger partial charge in [-0.05, 0) is 89.0 Å². The summed E-state index contributed by atoms with van der Waals surface area (Å²) in [5, 5.41) is 4.14. The maximum atomic E-state index is 14.4. The van der Waals surface area contributed by atoms with Gasteiger partial charge in [0.2, 0.25) is 0 Å². The lowest BCUT2D eigenvalue weighted by Gasteiger charge is -2.31. The maximum absolute atomic E-state index is 14.4. The zero-order valence-electron chi connectivity index (χ0n) is 20.1. The van der Waals surface area contributed by atoms with Crippen molar-refractivity contribution in [2.75, 3.05) is 0 Å². The third-order valence-electron chi connectivity index (χ3n) is 7.73. The fourth-order valence-corrected chi connectivity index (χ4v) is 5.52. The van der Waals surface area contributed by atoms with Crippen molar-refractivity contribution in [2.24, 2.45) is 5.92 Å². The average Bonchev–Trinajstić information content (AvgIpc) is 3.55. The minimum Gasteiger partial charge on any atom is -0.361 e. The molecule has 4 aromatic rings. The third-order valence-corrected chi connectivity index (χ3v) is 7.73. The molecule has 4 heterocycles. The fourth-order valence-electron chi connectivity index (χ4n) is 5.52. The van der Waals surface area contributed by atoms with Crippen LogP contribution < -0.4 is 0 Å². The van der Waals surface area contributed by atoms with E-state index in [2.05, 4.69) is 39.1 Å². The van der Waals surface area contributed by atoms with Crippen molar-refractivity contribution in [3.63, 3.8) is 0 Å². The lowest BCUT2D eigenvalue weighted by molar-refractivity contribution is 0.0985. The molecule has 0 N–H and O–H groups in total. The second kappa shape index (κ2) is 8.03. The number of halogens is 1. The molecule has 0 atom stereocenters.